The third-order valence-corrected chi connectivity index (χ3v) is 4.28. The van der Waals surface area contributed by atoms with Crippen molar-refractivity contribution in [2.24, 2.45) is 11.7 Å². The van der Waals surface area contributed by atoms with E-state index < -0.39 is 0 Å². The lowest BCUT2D eigenvalue weighted by Crippen LogP contribution is -2.39. The van der Waals surface area contributed by atoms with Gasteiger partial charge < -0.3 is 15.2 Å². The van der Waals surface area contributed by atoms with Crippen molar-refractivity contribution in [2.75, 3.05) is 33.9 Å². The smallest absolute Gasteiger partial charge is 0.127 e. The summed E-state index contributed by atoms with van der Waals surface area (Å²) in [6.45, 7) is 5.15. The van der Waals surface area contributed by atoms with Gasteiger partial charge in [-0.05, 0) is 37.9 Å². The second-order valence-electron chi connectivity index (χ2n) is 5.58. The zero-order valence-corrected chi connectivity index (χ0v) is 12.8. The Balaban J connectivity index is 2.22. The third-order valence-electron chi connectivity index (χ3n) is 4.28. The Morgan fingerprint density at radius 2 is 1.95 bits per heavy atom. The summed E-state index contributed by atoms with van der Waals surface area (Å²) in [5.41, 5.74) is 7.19. The first-order valence-corrected chi connectivity index (χ1v) is 7.35. The van der Waals surface area contributed by atoms with Crippen molar-refractivity contribution in [3.63, 3.8) is 0 Å². The van der Waals surface area contributed by atoms with Gasteiger partial charge in [0.25, 0.3) is 0 Å². The maximum absolute atomic E-state index is 6.04. The van der Waals surface area contributed by atoms with Crippen molar-refractivity contribution in [1.82, 2.24) is 4.90 Å². The molecule has 4 heteroatoms. The van der Waals surface area contributed by atoms with E-state index in [0.717, 1.165) is 36.1 Å². The van der Waals surface area contributed by atoms with Crippen LogP contribution in [0.5, 0.6) is 11.5 Å². The average molecular weight is 278 g/mol. The van der Waals surface area contributed by atoms with E-state index in [-0.39, 0.29) is 6.04 Å². The van der Waals surface area contributed by atoms with Gasteiger partial charge in [-0.15, -0.1) is 0 Å². The van der Waals surface area contributed by atoms with Gasteiger partial charge in [-0.3, -0.25) is 4.90 Å². The molecule has 1 unspecified atom stereocenters. The molecule has 1 aliphatic rings. The van der Waals surface area contributed by atoms with Crippen LogP contribution in [0.4, 0.5) is 0 Å². The van der Waals surface area contributed by atoms with E-state index >= 15 is 0 Å². The van der Waals surface area contributed by atoms with Crippen LogP contribution in [0.3, 0.4) is 0 Å². The van der Waals surface area contributed by atoms with Gasteiger partial charge in [0.05, 0.1) is 20.3 Å². The normalized spacial score (nSPS) is 18.8. The monoisotopic (exact) mass is 278 g/mol. The zero-order valence-electron chi connectivity index (χ0n) is 12.8. The van der Waals surface area contributed by atoms with Crippen molar-refractivity contribution in [2.45, 2.75) is 25.8 Å². The number of hydrogen-bond donors (Lipinski definition) is 1. The Labute approximate surface area is 121 Å². The molecule has 1 aromatic carbocycles. The summed E-state index contributed by atoms with van der Waals surface area (Å²) in [7, 11) is 3.37. The summed E-state index contributed by atoms with van der Waals surface area (Å²) < 4.78 is 10.8. The second-order valence-corrected chi connectivity index (χ2v) is 5.58. The Kier molecular flexibility index (Phi) is 5.26. The maximum atomic E-state index is 6.04. The van der Waals surface area contributed by atoms with Gasteiger partial charge in [0.1, 0.15) is 11.5 Å². The molecule has 1 aliphatic heterocycles. The summed E-state index contributed by atoms with van der Waals surface area (Å²) in [4.78, 5) is 2.48. The van der Waals surface area contributed by atoms with E-state index in [1.54, 1.807) is 14.2 Å². The fourth-order valence-electron chi connectivity index (χ4n) is 2.91. The summed E-state index contributed by atoms with van der Waals surface area (Å²) in [6, 6.07) is 6.22. The van der Waals surface area contributed by atoms with Crippen LogP contribution < -0.4 is 15.2 Å². The number of nitrogens with zero attached hydrogens (tertiary/aromatic N) is 1. The molecule has 0 bridgehead atoms. The van der Waals surface area contributed by atoms with Crippen LogP contribution >= 0.6 is 0 Å². The Morgan fingerprint density at radius 3 is 2.50 bits per heavy atom. The van der Waals surface area contributed by atoms with Crippen LogP contribution in [-0.4, -0.2) is 38.8 Å². The number of piperidine rings is 1. The number of benzene rings is 1. The van der Waals surface area contributed by atoms with Crippen molar-refractivity contribution in [3.05, 3.63) is 23.8 Å². The molecule has 0 aromatic heterocycles. The topological polar surface area (TPSA) is 47.7 Å². The molecule has 2 N–H and O–H groups in total. The molecule has 0 saturated carbocycles. The van der Waals surface area contributed by atoms with E-state index in [2.05, 4.69) is 17.9 Å². The Hall–Kier alpha value is -1.26. The summed E-state index contributed by atoms with van der Waals surface area (Å²) >= 11 is 0. The molecule has 1 heterocycles. The number of methoxy groups -OCH3 is 2. The van der Waals surface area contributed by atoms with Gasteiger partial charge in [0.15, 0.2) is 0 Å². The number of likely N-dealkylation sites (tertiary alicyclic amines) is 1. The van der Waals surface area contributed by atoms with Crippen LogP contribution in [-0.2, 0) is 0 Å². The molecule has 1 fully saturated rings. The van der Waals surface area contributed by atoms with Gasteiger partial charge in [0, 0.05) is 18.2 Å². The lowest BCUT2D eigenvalue weighted by Gasteiger charge is -2.36. The minimum absolute atomic E-state index is 0.225. The molecule has 112 valence electrons. The van der Waals surface area contributed by atoms with Gasteiger partial charge in [0.2, 0.25) is 0 Å². The largest absolute Gasteiger partial charge is 0.497 e. The quantitative estimate of drug-likeness (QED) is 0.898. The molecule has 1 saturated heterocycles. The highest BCUT2D eigenvalue weighted by Gasteiger charge is 2.25. The molecule has 2 rings (SSSR count). The molecule has 0 amide bonds. The molecule has 4 nitrogen and oxygen atoms in total. The van der Waals surface area contributed by atoms with Gasteiger partial charge in [-0.25, -0.2) is 0 Å². The number of ether oxygens (including phenoxy) is 2. The van der Waals surface area contributed by atoms with E-state index in [9.17, 15) is 0 Å². The number of nitrogens with two attached hydrogens (primary N) is 1. The van der Waals surface area contributed by atoms with Crippen LogP contribution in [0.25, 0.3) is 0 Å². The van der Waals surface area contributed by atoms with Crippen LogP contribution in [0.15, 0.2) is 18.2 Å². The Morgan fingerprint density at radius 1 is 1.25 bits per heavy atom. The zero-order chi connectivity index (χ0) is 14.5. The molecule has 0 radical (unpaired) electrons. The molecule has 20 heavy (non-hydrogen) atoms. The summed E-state index contributed by atoms with van der Waals surface area (Å²) in [5.74, 6) is 2.49. The first-order chi connectivity index (χ1) is 9.69. The van der Waals surface area contributed by atoms with E-state index in [0.29, 0.717) is 6.54 Å². The first kappa shape index (κ1) is 15.1. The second kappa shape index (κ2) is 6.95. The van der Waals surface area contributed by atoms with Crippen LogP contribution in [0, 0.1) is 5.92 Å². The number of hydrogen-bond acceptors (Lipinski definition) is 4. The SMILES string of the molecule is COc1ccc(C(CN)N2CCC(C)CC2)c(OC)c1. The van der Waals surface area contributed by atoms with Crippen molar-refractivity contribution < 1.29 is 9.47 Å². The Bertz CT molecular complexity index is 428. The predicted octanol–water partition coefficient (Wildman–Crippen LogP) is 2.44. The van der Waals surface area contributed by atoms with Crippen molar-refractivity contribution >= 4 is 0 Å². The lowest BCUT2D eigenvalue weighted by molar-refractivity contribution is 0.139. The van der Waals surface area contributed by atoms with Gasteiger partial charge in [-0.2, -0.15) is 0 Å². The molecular formula is C16H26N2O2. The fraction of sp³-hybridized carbons (Fsp3) is 0.625. The molecule has 1 atom stereocenters. The fourth-order valence-corrected chi connectivity index (χ4v) is 2.91. The minimum atomic E-state index is 0.225. The van der Waals surface area contributed by atoms with E-state index in [4.69, 9.17) is 15.2 Å². The highest BCUT2D eigenvalue weighted by Crippen LogP contribution is 2.34. The lowest BCUT2D eigenvalue weighted by atomic mass is 9.95. The molecular weight excluding hydrogens is 252 g/mol. The molecule has 0 spiro atoms. The van der Waals surface area contributed by atoms with Gasteiger partial charge in [-0.1, -0.05) is 13.0 Å². The van der Waals surface area contributed by atoms with Crippen molar-refractivity contribution in [1.29, 1.82) is 0 Å². The predicted molar refractivity (Wildman–Crippen MR) is 81.3 cm³/mol. The third kappa shape index (κ3) is 3.25. The average Bonchev–Trinajstić information content (AvgIpc) is 2.50. The van der Waals surface area contributed by atoms with Crippen LogP contribution in [0.2, 0.25) is 0 Å². The van der Waals surface area contributed by atoms with Crippen LogP contribution in [0.1, 0.15) is 31.4 Å². The molecule has 1 aromatic rings. The summed E-state index contributed by atoms with van der Waals surface area (Å²) in [6.07, 6.45) is 2.49. The summed E-state index contributed by atoms with van der Waals surface area (Å²) in [5, 5.41) is 0. The van der Waals surface area contributed by atoms with Gasteiger partial charge >= 0.3 is 0 Å². The maximum Gasteiger partial charge on any atom is 0.127 e. The van der Waals surface area contributed by atoms with E-state index in [1.807, 2.05) is 12.1 Å². The number of rotatable bonds is 5. The minimum Gasteiger partial charge on any atom is -0.497 e. The van der Waals surface area contributed by atoms with E-state index in [1.165, 1.54) is 12.8 Å². The van der Waals surface area contributed by atoms with Crippen molar-refractivity contribution in [3.8, 4) is 11.5 Å². The molecule has 0 aliphatic carbocycles. The first-order valence-electron chi connectivity index (χ1n) is 7.35. The highest BCUT2D eigenvalue weighted by atomic mass is 16.5. The standard InChI is InChI=1S/C16H26N2O2/c1-12-6-8-18(9-7-12)15(11-17)14-5-4-13(19-2)10-16(14)20-3/h4-5,10,12,15H,6-9,11,17H2,1-3H3. The highest BCUT2D eigenvalue weighted by molar-refractivity contribution is 5.42.